The Labute approximate surface area is 161 Å². The summed E-state index contributed by atoms with van der Waals surface area (Å²) >= 11 is 6.05. The maximum atomic E-state index is 13.0. The second-order valence-electron chi connectivity index (χ2n) is 5.76. The lowest BCUT2D eigenvalue weighted by molar-refractivity contribution is -0.122. The molecule has 0 radical (unpaired) electrons. The molecule has 0 spiro atoms. The zero-order valence-electron chi connectivity index (χ0n) is 14.5. The van der Waals surface area contributed by atoms with Crippen LogP contribution in [-0.2, 0) is 4.79 Å². The van der Waals surface area contributed by atoms with E-state index >= 15 is 0 Å². The molecule has 0 aliphatic carbocycles. The number of halogens is 2. The Balaban J connectivity index is 1.72. The van der Waals surface area contributed by atoms with Crippen molar-refractivity contribution < 1.29 is 18.7 Å². The zero-order chi connectivity index (χ0) is 19.2. The van der Waals surface area contributed by atoms with Gasteiger partial charge in [-0.15, -0.1) is 0 Å². The molecule has 0 saturated carbocycles. The van der Waals surface area contributed by atoms with Gasteiger partial charge in [0.25, 0.3) is 5.91 Å². The summed E-state index contributed by atoms with van der Waals surface area (Å²) in [6.07, 6.45) is -0.806. The molecule has 0 fully saturated rings. The first-order valence-corrected chi connectivity index (χ1v) is 8.64. The highest BCUT2D eigenvalue weighted by molar-refractivity contribution is 6.31. The molecule has 3 aromatic rings. The molecular weight excluding hydrogens is 369 g/mol. The number of hydrogen-bond acceptors (Lipinski definition) is 3. The van der Waals surface area contributed by atoms with Gasteiger partial charge >= 0.3 is 0 Å². The van der Waals surface area contributed by atoms with Crippen LogP contribution >= 0.6 is 11.6 Å². The van der Waals surface area contributed by atoms with Gasteiger partial charge in [-0.3, -0.25) is 4.79 Å². The van der Waals surface area contributed by atoms with Gasteiger partial charge in [-0.2, -0.15) is 0 Å². The van der Waals surface area contributed by atoms with Crippen molar-refractivity contribution in [2.45, 2.75) is 13.0 Å². The summed E-state index contributed by atoms with van der Waals surface area (Å²) in [6, 6.07) is 19.6. The molecular formula is C21H17ClFNO3. The van der Waals surface area contributed by atoms with E-state index in [0.717, 1.165) is 0 Å². The molecule has 3 aromatic carbocycles. The summed E-state index contributed by atoms with van der Waals surface area (Å²) < 4.78 is 24.3. The lowest BCUT2D eigenvalue weighted by Crippen LogP contribution is -2.30. The van der Waals surface area contributed by atoms with Crippen LogP contribution in [0.4, 0.5) is 10.1 Å². The molecule has 0 heterocycles. The summed E-state index contributed by atoms with van der Waals surface area (Å²) in [5.41, 5.74) is 0.422. The number of carbonyl (C=O) groups excluding carboxylic acids is 1. The van der Waals surface area contributed by atoms with E-state index in [0.29, 0.717) is 28.0 Å². The molecule has 138 valence electrons. The third-order valence-corrected chi connectivity index (χ3v) is 3.90. The van der Waals surface area contributed by atoms with Crippen molar-refractivity contribution in [2.24, 2.45) is 0 Å². The first-order valence-electron chi connectivity index (χ1n) is 8.27. The molecule has 27 heavy (non-hydrogen) atoms. The minimum absolute atomic E-state index is 0.374. The van der Waals surface area contributed by atoms with E-state index in [2.05, 4.69) is 5.32 Å². The van der Waals surface area contributed by atoms with Crippen LogP contribution in [-0.4, -0.2) is 12.0 Å². The fourth-order valence-electron chi connectivity index (χ4n) is 2.31. The number of rotatable bonds is 6. The summed E-state index contributed by atoms with van der Waals surface area (Å²) in [7, 11) is 0. The predicted octanol–water partition coefficient (Wildman–Crippen LogP) is 5.68. The second kappa shape index (κ2) is 8.56. The summed E-state index contributed by atoms with van der Waals surface area (Å²) in [5.74, 6) is 0.713. The lowest BCUT2D eigenvalue weighted by atomic mass is 10.2. The van der Waals surface area contributed by atoms with Gasteiger partial charge in [0, 0.05) is 5.02 Å². The van der Waals surface area contributed by atoms with E-state index in [1.54, 1.807) is 37.3 Å². The van der Waals surface area contributed by atoms with Crippen molar-refractivity contribution in [1.29, 1.82) is 0 Å². The number of anilines is 1. The molecule has 0 aliphatic rings. The van der Waals surface area contributed by atoms with Crippen LogP contribution in [0.1, 0.15) is 6.92 Å². The molecule has 4 nitrogen and oxygen atoms in total. The Kier molecular flexibility index (Phi) is 5.94. The third-order valence-electron chi connectivity index (χ3n) is 3.67. The molecule has 1 atom stereocenters. The number of hydrogen-bond donors (Lipinski definition) is 1. The Morgan fingerprint density at radius 2 is 1.70 bits per heavy atom. The highest BCUT2D eigenvalue weighted by Gasteiger charge is 2.17. The monoisotopic (exact) mass is 385 g/mol. The van der Waals surface area contributed by atoms with Crippen LogP contribution in [0.5, 0.6) is 17.2 Å². The molecule has 3 rings (SSSR count). The van der Waals surface area contributed by atoms with Crippen molar-refractivity contribution in [2.75, 3.05) is 5.32 Å². The maximum Gasteiger partial charge on any atom is 0.265 e. The molecule has 6 heteroatoms. The van der Waals surface area contributed by atoms with Crippen molar-refractivity contribution in [1.82, 2.24) is 0 Å². The number of para-hydroxylation sites is 1. The van der Waals surface area contributed by atoms with Crippen molar-refractivity contribution >= 4 is 23.2 Å². The van der Waals surface area contributed by atoms with Crippen molar-refractivity contribution in [3.05, 3.63) is 83.6 Å². The number of benzene rings is 3. The van der Waals surface area contributed by atoms with E-state index < -0.39 is 6.10 Å². The summed E-state index contributed by atoms with van der Waals surface area (Å²) in [4.78, 5) is 12.5. The first kappa shape index (κ1) is 18.7. The average Bonchev–Trinajstić information content (AvgIpc) is 2.66. The Morgan fingerprint density at radius 1 is 1.00 bits per heavy atom. The molecule has 0 aliphatic heterocycles. The zero-order valence-corrected chi connectivity index (χ0v) is 15.2. The van der Waals surface area contributed by atoms with E-state index in [9.17, 15) is 9.18 Å². The second-order valence-corrected chi connectivity index (χ2v) is 6.20. The SMILES string of the molecule is C[C@@H](Oc1ccc(F)cc1)C(=O)Nc1cc(Cl)ccc1Oc1ccccc1. The fourth-order valence-corrected chi connectivity index (χ4v) is 2.48. The van der Waals surface area contributed by atoms with Gasteiger partial charge < -0.3 is 14.8 Å². The number of nitrogens with one attached hydrogen (secondary N) is 1. The average molecular weight is 386 g/mol. The number of carbonyl (C=O) groups is 1. The highest BCUT2D eigenvalue weighted by Crippen LogP contribution is 2.32. The topological polar surface area (TPSA) is 47.6 Å². The van der Waals surface area contributed by atoms with E-state index in [1.807, 2.05) is 18.2 Å². The Bertz CT molecular complexity index is 916. The number of ether oxygens (including phenoxy) is 2. The normalized spacial score (nSPS) is 11.5. The van der Waals surface area contributed by atoms with E-state index in [-0.39, 0.29) is 11.7 Å². The Morgan fingerprint density at radius 3 is 2.41 bits per heavy atom. The van der Waals surface area contributed by atoms with Gasteiger partial charge in [-0.25, -0.2) is 4.39 Å². The van der Waals surface area contributed by atoms with Crippen LogP contribution in [0, 0.1) is 5.82 Å². The van der Waals surface area contributed by atoms with Gasteiger partial charge in [-0.1, -0.05) is 29.8 Å². The quantitative estimate of drug-likeness (QED) is 0.594. The van der Waals surface area contributed by atoms with Gasteiger partial charge in [-0.05, 0) is 61.5 Å². The largest absolute Gasteiger partial charge is 0.481 e. The predicted molar refractivity (Wildman–Crippen MR) is 103 cm³/mol. The van der Waals surface area contributed by atoms with Crippen molar-refractivity contribution in [3.8, 4) is 17.2 Å². The summed E-state index contributed by atoms with van der Waals surface area (Å²) in [5, 5.41) is 3.21. The minimum Gasteiger partial charge on any atom is -0.481 e. The van der Waals surface area contributed by atoms with Crippen LogP contribution in [0.15, 0.2) is 72.8 Å². The molecule has 0 saturated heterocycles. The van der Waals surface area contributed by atoms with Crippen LogP contribution in [0.25, 0.3) is 0 Å². The van der Waals surface area contributed by atoms with Crippen molar-refractivity contribution in [3.63, 3.8) is 0 Å². The van der Waals surface area contributed by atoms with Gasteiger partial charge in [0.15, 0.2) is 11.9 Å². The fraction of sp³-hybridized carbons (Fsp3) is 0.0952. The van der Waals surface area contributed by atoms with Crippen LogP contribution in [0.3, 0.4) is 0 Å². The molecule has 1 amide bonds. The third kappa shape index (κ3) is 5.21. The smallest absolute Gasteiger partial charge is 0.265 e. The van der Waals surface area contributed by atoms with Crippen LogP contribution in [0.2, 0.25) is 5.02 Å². The first-order chi connectivity index (χ1) is 13.0. The van der Waals surface area contributed by atoms with E-state index in [1.165, 1.54) is 24.3 Å². The van der Waals surface area contributed by atoms with Gasteiger partial charge in [0.05, 0.1) is 5.69 Å². The standard InChI is InChI=1S/C21H17ClFNO3/c1-14(26-18-10-8-16(23)9-11-18)21(25)24-19-13-15(22)7-12-20(19)27-17-5-3-2-4-6-17/h2-14H,1H3,(H,24,25)/t14-/m1/s1. The molecule has 0 bridgehead atoms. The van der Waals surface area contributed by atoms with Crippen LogP contribution < -0.4 is 14.8 Å². The molecule has 1 N–H and O–H groups in total. The maximum absolute atomic E-state index is 13.0. The minimum atomic E-state index is -0.806. The molecule has 0 aromatic heterocycles. The summed E-state index contributed by atoms with van der Waals surface area (Å²) in [6.45, 7) is 1.60. The van der Waals surface area contributed by atoms with Gasteiger partial charge in [0.2, 0.25) is 0 Å². The van der Waals surface area contributed by atoms with E-state index in [4.69, 9.17) is 21.1 Å². The number of amides is 1. The van der Waals surface area contributed by atoms with Gasteiger partial charge in [0.1, 0.15) is 17.3 Å². The molecule has 0 unspecified atom stereocenters. The Hall–Kier alpha value is -3.05. The highest BCUT2D eigenvalue weighted by atomic mass is 35.5. The lowest BCUT2D eigenvalue weighted by Gasteiger charge is -2.17.